The first-order valence-corrected chi connectivity index (χ1v) is 6.72. The highest BCUT2D eigenvalue weighted by Gasteiger charge is 2.12. The van der Waals surface area contributed by atoms with E-state index in [1.165, 1.54) is 0 Å². The molecule has 2 rings (SSSR count). The van der Waals surface area contributed by atoms with E-state index in [1.807, 2.05) is 43.6 Å². The first-order valence-electron chi connectivity index (χ1n) is 5.50. The van der Waals surface area contributed by atoms with Crippen LogP contribution in [0.1, 0.15) is 0 Å². The van der Waals surface area contributed by atoms with Crippen molar-refractivity contribution in [1.82, 2.24) is 4.90 Å². The van der Waals surface area contributed by atoms with Crippen LogP contribution in [0.4, 0.5) is 5.69 Å². The molecule has 0 atom stereocenters. The van der Waals surface area contributed by atoms with Crippen molar-refractivity contribution in [2.24, 2.45) is 9.98 Å². The van der Waals surface area contributed by atoms with Gasteiger partial charge in [0.05, 0.1) is 6.54 Å². The summed E-state index contributed by atoms with van der Waals surface area (Å²) in [6.45, 7) is 1.79. The Morgan fingerprint density at radius 3 is 2.76 bits per heavy atom. The van der Waals surface area contributed by atoms with E-state index in [0.29, 0.717) is 0 Å². The molecule has 1 heterocycles. The molecule has 0 amide bonds. The molecular weight excluding hydrogens is 232 g/mol. The molecule has 5 heteroatoms. The Morgan fingerprint density at radius 1 is 1.41 bits per heavy atom. The summed E-state index contributed by atoms with van der Waals surface area (Å²) < 4.78 is 0. The zero-order valence-corrected chi connectivity index (χ0v) is 10.9. The number of para-hydroxylation sites is 1. The van der Waals surface area contributed by atoms with Gasteiger partial charge in [-0.05, 0) is 18.4 Å². The van der Waals surface area contributed by atoms with Crippen LogP contribution in [0.5, 0.6) is 0 Å². The fourth-order valence-corrected chi connectivity index (χ4v) is 1.89. The largest absolute Gasteiger partial charge is 0.342 e. The quantitative estimate of drug-likeness (QED) is 0.611. The molecule has 0 bridgehead atoms. The van der Waals surface area contributed by atoms with Crippen LogP contribution in [0.25, 0.3) is 0 Å². The lowest BCUT2D eigenvalue weighted by atomic mass is 10.3. The second-order valence-corrected chi connectivity index (χ2v) is 4.51. The maximum Gasteiger partial charge on any atom is 0.222 e. The summed E-state index contributed by atoms with van der Waals surface area (Å²) in [4.78, 5) is 10.9. The molecule has 0 unspecified atom stereocenters. The van der Waals surface area contributed by atoms with Gasteiger partial charge in [-0.15, -0.1) is 0 Å². The molecule has 1 N–H and O–H groups in total. The first-order chi connectivity index (χ1) is 8.29. The minimum atomic E-state index is 0.804. The number of amidine groups is 1. The van der Waals surface area contributed by atoms with Crippen LogP contribution in [-0.4, -0.2) is 42.4 Å². The Labute approximate surface area is 106 Å². The molecule has 0 aromatic heterocycles. The second-order valence-electron chi connectivity index (χ2n) is 3.72. The van der Waals surface area contributed by atoms with Gasteiger partial charge in [0.1, 0.15) is 0 Å². The number of nitrogens with one attached hydrogen (secondary N) is 1. The van der Waals surface area contributed by atoms with E-state index in [2.05, 4.69) is 20.2 Å². The van der Waals surface area contributed by atoms with E-state index in [-0.39, 0.29) is 0 Å². The van der Waals surface area contributed by atoms with E-state index in [0.717, 1.165) is 29.9 Å². The summed E-state index contributed by atoms with van der Waals surface area (Å²) in [6, 6.07) is 10.0. The number of hydrogen-bond acceptors (Lipinski definition) is 4. The number of anilines is 1. The van der Waals surface area contributed by atoms with Gasteiger partial charge < -0.3 is 10.2 Å². The maximum atomic E-state index is 4.51. The molecule has 1 aliphatic rings. The van der Waals surface area contributed by atoms with E-state index >= 15 is 0 Å². The Bertz CT molecular complexity index is 427. The number of hydrogen-bond donors (Lipinski definition) is 1. The first kappa shape index (κ1) is 12.0. The number of benzene rings is 1. The molecule has 17 heavy (non-hydrogen) atoms. The predicted octanol–water partition coefficient (Wildman–Crippen LogP) is 2.12. The third-order valence-corrected chi connectivity index (χ3v) is 3.03. The number of aliphatic imine (C=N–C) groups is 2. The van der Waals surface area contributed by atoms with Gasteiger partial charge in [0.2, 0.25) is 5.96 Å². The fourth-order valence-electron chi connectivity index (χ4n) is 1.50. The lowest BCUT2D eigenvalue weighted by molar-refractivity contribution is 0.551. The molecule has 0 saturated carbocycles. The molecule has 1 aromatic rings. The lowest BCUT2D eigenvalue weighted by Crippen LogP contribution is -2.23. The van der Waals surface area contributed by atoms with Crippen LogP contribution in [0, 0.1) is 0 Å². The molecule has 1 aromatic carbocycles. The van der Waals surface area contributed by atoms with E-state index < -0.39 is 0 Å². The molecule has 0 saturated heterocycles. The highest BCUT2D eigenvalue weighted by atomic mass is 32.2. The molecule has 0 aliphatic carbocycles. The second kappa shape index (κ2) is 5.72. The van der Waals surface area contributed by atoms with Gasteiger partial charge in [0.15, 0.2) is 5.17 Å². The van der Waals surface area contributed by atoms with Gasteiger partial charge in [-0.2, -0.15) is 4.99 Å². The number of likely N-dealkylation sites (N-methyl/N-ethyl adjacent to an activating group) is 1. The van der Waals surface area contributed by atoms with Gasteiger partial charge in [0.25, 0.3) is 0 Å². The third-order valence-electron chi connectivity index (χ3n) is 2.45. The van der Waals surface area contributed by atoms with Crippen LogP contribution in [0.3, 0.4) is 0 Å². The standard InChI is InChI=1S/C12H16N4S/c1-16-9-8-13-11(16)15-12(17-2)14-10-6-4-3-5-7-10/h3-7H,8-9H2,1-2H3,(H,13,14,15). The van der Waals surface area contributed by atoms with Crippen molar-refractivity contribution >= 4 is 28.6 Å². The fraction of sp³-hybridized carbons (Fsp3) is 0.333. The Kier molecular flexibility index (Phi) is 4.03. The van der Waals surface area contributed by atoms with Crippen molar-refractivity contribution in [2.75, 3.05) is 31.7 Å². The smallest absolute Gasteiger partial charge is 0.222 e. The molecule has 0 spiro atoms. The zero-order chi connectivity index (χ0) is 12.1. The zero-order valence-electron chi connectivity index (χ0n) is 10.1. The van der Waals surface area contributed by atoms with Crippen molar-refractivity contribution < 1.29 is 0 Å². The highest BCUT2D eigenvalue weighted by Crippen LogP contribution is 2.10. The Balaban J connectivity index is 2.09. The Hall–Kier alpha value is -1.49. The molecule has 1 aliphatic heterocycles. The van der Waals surface area contributed by atoms with E-state index in [9.17, 15) is 0 Å². The van der Waals surface area contributed by atoms with Crippen LogP contribution >= 0.6 is 11.8 Å². The molecule has 0 fully saturated rings. The van der Waals surface area contributed by atoms with Crippen LogP contribution < -0.4 is 5.32 Å². The van der Waals surface area contributed by atoms with Crippen molar-refractivity contribution in [3.05, 3.63) is 30.3 Å². The van der Waals surface area contributed by atoms with Crippen molar-refractivity contribution in [2.45, 2.75) is 0 Å². The number of nitrogens with zero attached hydrogens (tertiary/aromatic N) is 3. The minimum Gasteiger partial charge on any atom is -0.342 e. The Morgan fingerprint density at radius 2 is 2.18 bits per heavy atom. The summed E-state index contributed by atoms with van der Waals surface area (Å²) in [5.74, 6) is 0.804. The van der Waals surface area contributed by atoms with E-state index in [1.54, 1.807) is 11.8 Å². The van der Waals surface area contributed by atoms with Crippen LogP contribution in [-0.2, 0) is 0 Å². The third kappa shape index (κ3) is 3.23. The van der Waals surface area contributed by atoms with Gasteiger partial charge in [-0.1, -0.05) is 30.0 Å². The van der Waals surface area contributed by atoms with Crippen LogP contribution in [0.2, 0.25) is 0 Å². The van der Waals surface area contributed by atoms with Crippen LogP contribution in [0.15, 0.2) is 40.3 Å². The van der Waals surface area contributed by atoms with Crippen molar-refractivity contribution in [1.29, 1.82) is 0 Å². The SMILES string of the molecule is CSC(=NC1=NCCN1C)Nc1ccccc1. The van der Waals surface area contributed by atoms with Gasteiger partial charge in [-0.25, -0.2) is 4.99 Å². The van der Waals surface area contributed by atoms with Crippen molar-refractivity contribution in [3.63, 3.8) is 0 Å². The minimum absolute atomic E-state index is 0.804. The summed E-state index contributed by atoms with van der Waals surface area (Å²) in [5.41, 5.74) is 1.04. The summed E-state index contributed by atoms with van der Waals surface area (Å²) in [6.07, 6.45) is 2.00. The highest BCUT2D eigenvalue weighted by molar-refractivity contribution is 8.13. The number of guanidine groups is 1. The van der Waals surface area contributed by atoms with E-state index in [4.69, 9.17) is 0 Å². The summed E-state index contributed by atoms with van der Waals surface area (Å²) >= 11 is 1.59. The topological polar surface area (TPSA) is 40.0 Å². The van der Waals surface area contributed by atoms with Crippen molar-refractivity contribution in [3.8, 4) is 0 Å². The van der Waals surface area contributed by atoms with Gasteiger partial charge >= 0.3 is 0 Å². The molecular formula is C12H16N4S. The normalized spacial score (nSPS) is 16.0. The summed E-state index contributed by atoms with van der Waals surface area (Å²) in [5, 5.41) is 4.15. The molecule has 4 nitrogen and oxygen atoms in total. The number of rotatable bonds is 1. The average molecular weight is 248 g/mol. The molecule has 0 radical (unpaired) electrons. The predicted molar refractivity (Wildman–Crippen MR) is 75.9 cm³/mol. The maximum absolute atomic E-state index is 4.51. The van der Waals surface area contributed by atoms with Gasteiger partial charge in [-0.3, -0.25) is 0 Å². The number of thioether (sulfide) groups is 1. The summed E-state index contributed by atoms with van der Waals surface area (Å²) in [7, 11) is 2.01. The van der Waals surface area contributed by atoms with Gasteiger partial charge in [0, 0.05) is 19.3 Å². The monoisotopic (exact) mass is 248 g/mol. The lowest BCUT2D eigenvalue weighted by Gasteiger charge is -2.12. The molecule has 90 valence electrons. The average Bonchev–Trinajstić information content (AvgIpc) is 2.75.